The number of unbranched alkanes of at least 4 members (excludes halogenated alkanes) is 75. The highest BCUT2D eigenvalue weighted by atomic mass is 16.6. The van der Waals surface area contributed by atoms with E-state index in [1.165, 1.54) is 488 Å². The number of aliphatic carboxylic acids is 4. The van der Waals surface area contributed by atoms with Crippen LogP contribution in [0.25, 0.3) is 0 Å². The summed E-state index contributed by atoms with van der Waals surface area (Å²) in [6.07, 6.45) is 112. The number of carboxylic acids is 4. The molecule has 3 atom stereocenters. The average molecular weight is 1640 g/mol. The van der Waals surface area contributed by atoms with Crippen LogP contribution in [0.5, 0.6) is 0 Å². The Morgan fingerprint density at radius 3 is 0.509 bits per heavy atom. The lowest BCUT2D eigenvalue weighted by Gasteiger charge is -2.32. The van der Waals surface area contributed by atoms with Crippen LogP contribution >= 0.6 is 0 Å². The van der Waals surface area contributed by atoms with Crippen LogP contribution in [0.15, 0.2) is 0 Å². The fraction of sp³-hybridized carbons (Fsp3) is 0.952. The third kappa shape index (κ3) is 95.1. The van der Waals surface area contributed by atoms with Crippen LogP contribution < -0.4 is 5.73 Å². The molecule has 12 nitrogen and oxygen atoms in total. The minimum absolute atomic E-state index is 0.258. The first kappa shape index (κ1) is 113. The van der Waals surface area contributed by atoms with Crippen LogP contribution in [-0.4, -0.2) is 86.4 Å². The second kappa shape index (κ2) is 91.5. The molecule has 0 aromatic carbocycles. The molecular weight excluding hydrogens is 1440 g/mol. The van der Waals surface area contributed by atoms with Gasteiger partial charge >= 0.3 is 29.8 Å². The van der Waals surface area contributed by atoms with Crippen molar-refractivity contribution in [1.29, 1.82) is 0 Å². The number of carboxylic acid groups (broad SMARTS) is 4. The highest BCUT2D eigenvalue weighted by Gasteiger charge is 2.24. The Hall–Kier alpha value is -2.73. The third-order valence-electron chi connectivity index (χ3n) is 25.5. The van der Waals surface area contributed by atoms with E-state index in [9.17, 15) is 24.0 Å². The van der Waals surface area contributed by atoms with E-state index in [4.69, 9.17) is 30.9 Å². The van der Waals surface area contributed by atoms with E-state index >= 15 is 0 Å². The van der Waals surface area contributed by atoms with Gasteiger partial charge in [0.2, 0.25) is 0 Å². The van der Waals surface area contributed by atoms with Crippen molar-refractivity contribution >= 4 is 29.8 Å². The van der Waals surface area contributed by atoms with E-state index in [2.05, 4.69) is 4.90 Å². The Morgan fingerprint density at radius 1 is 0.224 bits per heavy atom. The van der Waals surface area contributed by atoms with Gasteiger partial charge in [-0.25, -0.2) is 0 Å². The predicted octanol–water partition coefficient (Wildman–Crippen LogP) is 33.2. The zero-order chi connectivity index (χ0) is 84.5. The third-order valence-corrected chi connectivity index (χ3v) is 25.5. The van der Waals surface area contributed by atoms with Crippen molar-refractivity contribution in [3.8, 4) is 0 Å². The van der Waals surface area contributed by atoms with Gasteiger partial charge < -0.3 is 35.8 Å². The number of hydrogen-bond donors (Lipinski definition) is 5. The normalized spacial score (nSPS) is 12.7. The molecule has 6 N–H and O–H groups in total. The van der Waals surface area contributed by atoms with Crippen molar-refractivity contribution in [2.75, 3.05) is 19.6 Å². The van der Waals surface area contributed by atoms with Gasteiger partial charge in [0, 0.05) is 38.8 Å². The number of carbonyl (C=O) groups is 5. The van der Waals surface area contributed by atoms with Gasteiger partial charge in [0.15, 0.2) is 0 Å². The first-order valence-corrected chi connectivity index (χ1v) is 52.2. The van der Waals surface area contributed by atoms with Crippen molar-refractivity contribution in [2.24, 2.45) is 17.6 Å². The van der Waals surface area contributed by atoms with E-state index in [-0.39, 0.29) is 5.97 Å². The molecule has 12 heteroatoms. The van der Waals surface area contributed by atoms with E-state index in [0.717, 1.165) is 82.6 Å². The fourth-order valence-corrected chi connectivity index (χ4v) is 18.0. The summed E-state index contributed by atoms with van der Waals surface area (Å²) >= 11 is 0. The fourth-order valence-electron chi connectivity index (χ4n) is 18.0. The van der Waals surface area contributed by atoms with Crippen LogP contribution in [-0.2, 0) is 28.7 Å². The SMILES string of the molecule is CC(C)(C)OC(=O)C(N)CCCCN(CC(CCCCCCCCCCCCCCCCCCCCCCC(=O)O)CCCCCCCCCCCCCCCCCCCCCC(=O)O)CC(CCCCCCCCCCCCCCCCCCCCCCC(=O)O)CCCCCCCCCCCCCCCCCCCCCC(=O)O. The van der Waals surface area contributed by atoms with Crippen molar-refractivity contribution in [3.05, 3.63) is 0 Å². The van der Waals surface area contributed by atoms with Crippen molar-refractivity contribution in [3.63, 3.8) is 0 Å². The Kier molecular flexibility index (Phi) is 89.3. The predicted molar refractivity (Wildman–Crippen MR) is 499 cm³/mol. The Bertz CT molecular complexity index is 1930. The molecule has 0 saturated heterocycles. The van der Waals surface area contributed by atoms with Gasteiger partial charge in [-0.3, -0.25) is 24.0 Å². The van der Waals surface area contributed by atoms with E-state index in [0.29, 0.717) is 32.1 Å². The van der Waals surface area contributed by atoms with Crippen LogP contribution in [0.4, 0.5) is 0 Å². The zero-order valence-electron chi connectivity index (χ0n) is 78.0. The molecule has 116 heavy (non-hydrogen) atoms. The topological polar surface area (TPSA) is 205 Å². The molecule has 0 aromatic heterocycles. The summed E-state index contributed by atoms with van der Waals surface area (Å²) in [7, 11) is 0. The van der Waals surface area contributed by atoms with Gasteiger partial charge in [-0.2, -0.15) is 0 Å². The second-order valence-corrected chi connectivity index (χ2v) is 38.4. The number of rotatable bonds is 100. The number of esters is 1. The average Bonchev–Trinajstić information content (AvgIpc) is 0.914. The summed E-state index contributed by atoms with van der Waals surface area (Å²) in [5.41, 5.74) is 6.02. The molecule has 0 rings (SSSR count). The summed E-state index contributed by atoms with van der Waals surface area (Å²) in [6, 6.07) is -0.564. The number of ether oxygens (including phenoxy) is 1. The Morgan fingerprint density at radius 2 is 0.362 bits per heavy atom. The quantitative estimate of drug-likeness (QED) is 0.0285. The van der Waals surface area contributed by atoms with Gasteiger partial charge in [0.1, 0.15) is 11.6 Å². The zero-order valence-corrected chi connectivity index (χ0v) is 78.0. The lowest BCUT2D eigenvalue weighted by Crippen LogP contribution is -2.38. The van der Waals surface area contributed by atoms with Crippen LogP contribution in [0, 0.1) is 11.8 Å². The smallest absolute Gasteiger partial charge is 0.323 e. The molecule has 0 aliphatic rings. The molecule has 0 spiro atoms. The summed E-state index contributed by atoms with van der Waals surface area (Å²) in [6.45, 7) is 9.39. The van der Waals surface area contributed by atoms with E-state index in [1.807, 2.05) is 20.8 Å². The summed E-state index contributed by atoms with van der Waals surface area (Å²) in [4.78, 5) is 59.1. The molecule has 0 saturated carbocycles. The molecule has 0 aromatic rings. The molecule has 0 amide bonds. The van der Waals surface area contributed by atoms with Gasteiger partial charge in [-0.15, -0.1) is 0 Å². The molecule has 0 aliphatic carbocycles. The summed E-state index contributed by atoms with van der Waals surface area (Å²) < 4.78 is 5.76. The Balaban J connectivity index is 5.75. The maximum absolute atomic E-state index is 13.1. The largest absolute Gasteiger partial charge is 0.481 e. The van der Waals surface area contributed by atoms with Crippen molar-refractivity contribution in [2.45, 2.75) is 604 Å². The Labute approximate surface area is 721 Å². The standard InChI is InChI=1S/C104H202N2O10/c1-104(2,3)116-103(115)98(105)88-82-83-93-106(94-96(86-76-68-60-52-44-36-28-20-12-8-16-24-32-40-48-56-64-72-80-91-101(111)112)84-74-66-58-50-42-34-26-18-10-4-6-14-22-30-38-46-54-62-70-78-89-99(107)108)95-97(87-77-69-61-53-45-37-29-21-13-9-17-25-33-41-49-57-65-73-81-92-102(113)114)85-75-67-59-51-43-35-27-19-11-5-7-15-23-31-39-47-55-63-71-79-90-100(109)110/h96-98H,4-95,105H2,1-3H3,(H,107,108)(H,109,110)(H,111,112)(H,113,114). The molecule has 688 valence electrons. The number of hydrogen-bond acceptors (Lipinski definition) is 8. The van der Waals surface area contributed by atoms with Crippen LogP contribution in [0.2, 0.25) is 0 Å². The number of carbonyl (C=O) groups excluding carboxylic acids is 1. The maximum Gasteiger partial charge on any atom is 0.323 e. The summed E-state index contributed by atoms with van der Waals surface area (Å²) in [5.74, 6) is -1.41. The molecule has 0 bridgehead atoms. The highest BCUT2D eigenvalue weighted by molar-refractivity contribution is 5.75. The summed E-state index contributed by atoms with van der Waals surface area (Å²) in [5, 5.41) is 35.4. The molecule has 0 aliphatic heterocycles. The van der Waals surface area contributed by atoms with Gasteiger partial charge in [0.25, 0.3) is 0 Å². The van der Waals surface area contributed by atoms with Crippen LogP contribution in [0.3, 0.4) is 0 Å². The van der Waals surface area contributed by atoms with Crippen molar-refractivity contribution in [1.82, 2.24) is 4.90 Å². The van der Waals surface area contributed by atoms with E-state index in [1.54, 1.807) is 0 Å². The lowest BCUT2D eigenvalue weighted by molar-refractivity contribution is -0.156. The first-order chi connectivity index (χ1) is 56.6. The van der Waals surface area contributed by atoms with Gasteiger partial charge in [-0.1, -0.05) is 482 Å². The molecule has 0 fully saturated rings. The number of nitrogens with zero attached hydrogens (tertiary/aromatic N) is 1. The minimum Gasteiger partial charge on any atom is -0.481 e. The maximum atomic E-state index is 13.1. The molecular formula is C104H202N2O10. The van der Waals surface area contributed by atoms with Crippen LogP contribution in [0.1, 0.15) is 592 Å². The molecule has 3 unspecified atom stereocenters. The van der Waals surface area contributed by atoms with Crippen molar-refractivity contribution < 1.29 is 49.1 Å². The monoisotopic (exact) mass is 1640 g/mol. The lowest BCUT2D eigenvalue weighted by atomic mass is 9.91. The van der Waals surface area contributed by atoms with E-state index < -0.39 is 35.5 Å². The minimum atomic E-state index is -0.661. The van der Waals surface area contributed by atoms with Gasteiger partial charge in [-0.05, 0) is 103 Å². The highest BCUT2D eigenvalue weighted by Crippen LogP contribution is 2.28. The second-order valence-electron chi connectivity index (χ2n) is 38.4. The van der Waals surface area contributed by atoms with Gasteiger partial charge in [0.05, 0.1) is 0 Å². The first-order valence-electron chi connectivity index (χ1n) is 52.2. The molecule has 0 heterocycles. The number of nitrogens with two attached hydrogens (primary N) is 1. The molecule has 0 radical (unpaired) electrons.